The first-order valence-corrected chi connectivity index (χ1v) is 8.32. The molecule has 23 heavy (non-hydrogen) atoms. The molecule has 0 fully saturated rings. The summed E-state index contributed by atoms with van der Waals surface area (Å²) in [6, 6.07) is 5.72. The summed E-state index contributed by atoms with van der Waals surface area (Å²) in [5, 5.41) is 4.10. The smallest absolute Gasteiger partial charge is 0.347 e. The van der Waals surface area contributed by atoms with Crippen molar-refractivity contribution in [1.29, 1.82) is 0 Å². The summed E-state index contributed by atoms with van der Waals surface area (Å²) in [6.07, 6.45) is 4.73. The predicted octanol–water partition coefficient (Wildman–Crippen LogP) is 3.43. The highest BCUT2D eigenvalue weighted by molar-refractivity contribution is 9.10. The largest absolute Gasteiger partial charge is 0.478 e. The number of hydrogen-bond donors (Lipinski definition) is 0. The van der Waals surface area contributed by atoms with Gasteiger partial charge in [0.2, 0.25) is 0 Å². The maximum absolute atomic E-state index is 12.0. The number of carbonyl (C=O) groups excluding carboxylic acids is 1. The molecule has 0 aliphatic rings. The fourth-order valence-corrected chi connectivity index (χ4v) is 2.69. The summed E-state index contributed by atoms with van der Waals surface area (Å²) >= 11 is 3.43. The van der Waals surface area contributed by atoms with Crippen LogP contribution in [0.15, 0.2) is 35.1 Å². The molecule has 2 rings (SSSR count). The van der Waals surface area contributed by atoms with Gasteiger partial charge in [0.05, 0.1) is 17.3 Å². The summed E-state index contributed by atoms with van der Waals surface area (Å²) < 4.78 is 13.5. The number of aryl methyl sites for hydroxylation is 3. The van der Waals surface area contributed by atoms with E-state index in [-0.39, 0.29) is 5.97 Å². The average Bonchev–Trinajstić information content (AvgIpc) is 2.91. The Morgan fingerprint density at radius 1 is 1.43 bits per heavy atom. The average molecular weight is 381 g/mol. The van der Waals surface area contributed by atoms with Crippen LogP contribution in [0.2, 0.25) is 0 Å². The zero-order valence-corrected chi connectivity index (χ0v) is 15.2. The van der Waals surface area contributed by atoms with Gasteiger partial charge in [0.25, 0.3) is 0 Å². The van der Waals surface area contributed by atoms with Gasteiger partial charge in [0.15, 0.2) is 6.10 Å². The van der Waals surface area contributed by atoms with Crippen molar-refractivity contribution in [1.82, 2.24) is 9.78 Å². The van der Waals surface area contributed by atoms with E-state index in [9.17, 15) is 4.79 Å². The third-order valence-corrected chi connectivity index (χ3v) is 3.96. The molecule has 5 nitrogen and oxygen atoms in total. The van der Waals surface area contributed by atoms with Crippen molar-refractivity contribution in [2.75, 3.05) is 6.61 Å². The lowest BCUT2D eigenvalue weighted by atomic mass is 10.2. The second-order valence-corrected chi connectivity index (χ2v) is 6.34. The van der Waals surface area contributed by atoms with Crippen LogP contribution in [0, 0.1) is 6.92 Å². The fourth-order valence-electron chi connectivity index (χ4n) is 2.11. The SMILES string of the molecule is Cc1ccc(O[C@@H](C)C(=O)OCCCc2cnn(C)c2)c(Br)c1. The first-order chi connectivity index (χ1) is 11.0. The van der Waals surface area contributed by atoms with Gasteiger partial charge in [-0.25, -0.2) is 4.79 Å². The van der Waals surface area contributed by atoms with Crippen LogP contribution < -0.4 is 4.74 Å². The van der Waals surface area contributed by atoms with E-state index in [0.717, 1.165) is 28.4 Å². The number of esters is 1. The van der Waals surface area contributed by atoms with Gasteiger partial charge >= 0.3 is 5.97 Å². The van der Waals surface area contributed by atoms with Crippen LogP contribution in [-0.2, 0) is 23.0 Å². The van der Waals surface area contributed by atoms with Crippen LogP contribution in [0.4, 0.5) is 0 Å². The molecule has 0 unspecified atom stereocenters. The van der Waals surface area contributed by atoms with Crippen molar-refractivity contribution >= 4 is 21.9 Å². The van der Waals surface area contributed by atoms with Gasteiger partial charge in [0, 0.05) is 13.2 Å². The van der Waals surface area contributed by atoms with Crippen molar-refractivity contribution in [3.05, 3.63) is 46.2 Å². The highest BCUT2D eigenvalue weighted by Crippen LogP contribution is 2.26. The number of halogens is 1. The van der Waals surface area contributed by atoms with Crippen LogP contribution >= 0.6 is 15.9 Å². The van der Waals surface area contributed by atoms with Gasteiger partial charge in [-0.15, -0.1) is 0 Å². The van der Waals surface area contributed by atoms with Crippen molar-refractivity contribution in [2.24, 2.45) is 7.05 Å². The van der Waals surface area contributed by atoms with Crippen LogP contribution in [0.25, 0.3) is 0 Å². The molecule has 6 heteroatoms. The molecular formula is C17H21BrN2O3. The summed E-state index contributed by atoms with van der Waals surface area (Å²) in [6.45, 7) is 4.06. The Labute approximate surface area is 144 Å². The normalized spacial score (nSPS) is 12.0. The Balaban J connectivity index is 1.74. The Morgan fingerprint density at radius 3 is 2.87 bits per heavy atom. The van der Waals surface area contributed by atoms with E-state index in [0.29, 0.717) is 12.4 Å². The fraction of sp³-hybridized carbons (Fsp3) is 0.412. The van der Waals surface area contributed by atoms with Crippen molar-refractivity contribution < 1.29 is 14.3 Å². The van der Waals surface area contributed by atoms with Crippen LogP contribution in [-0.4, -0.2) is 28.5 Å². The number of aromatic nitrogens is 2. The quantitative estimate of drug-likeness (QED) is 0.545. The minimum Gasteiger partial charge on any atom is -0.478 e. The van der Waals surface area contributed by atoms with Crippen molar-refractivity contribution in [3.8, 4) is 5.75 Å². The molecule has 0 N–H and O–H groups in total. The molecule has 0 aliphatic heterocycles. The monoisotopic (exact) mass is 380 g/mol. The van der Waals surface area contributed by atoms with E-state index in [1.54, 1.807) is 11.6 Å². The summed E-state index contributed by atoms with van der Waals surface area (Å²) in [4.78, 5) is 12.0. The predicted molar refractivity (Wildman–Crippen MR) is 91.5 cm³/mol. The highest BCUT2D eigenvalue weighted by atomic mass is 79.9. The number of nitrogens with zero attached hydrogens (tertiary/aromatic N) is 2. The molecule has 0 saturated carbocycles. The first kappa shape index (κ1) is 17.5. The minimum atomic E-state index is -0.646. The lowest BCUT2D eigenvalue weighted by Gasteiger charge is -2.15. The molecule has 0 saturated heterocycles. The molecule has 1 aromatic heterocycles. The minimum absolute atomic E-state index is 0.358. The standard InChI is InChI=1S/C17H21BrN2O3/c1-12-6-7-16(15(18)9-12)23-13(2)17(21)22-8-4-5-14-10-19-20(3)11-14/h6-7,9-11,13H,4-5,8H2,1-3H3/t13-/m0/s1. The Hall–Kier alpha value is -1.82. The van der Waals surface area contributed by atoms with Crippen LogP contribution in [0.5, 0.6) is 5.75 Å². The van der Waals surface area contributed by atoms with Gasteiger partial charge in [-0.2, -0.15) is 5.10 Å². The molecule has 1 heterocycles. The number of hydrogen-bond acceptors (Lipinski definition) is 4. The van der Waals surface area contributed by atoms with Crippen LogP contribution in [0.3, 0.4) is 0 Å². The van der Waals surface area contributed by atoms with E-state index >= 15 is 0 Å². The van der Waals surface area contributed by atoms with E-state index < -0.39 is 6.10 Å². The van der Waals surface area contributed by atoms with Gasteiger partial charge in [-0.05, 0) is 65.9 Å². The number of carbonyl (C=O) groups is 1. The van der Waals surface area contributed by atoms with E-state index in [1.807, 2.05) is 44.6 Å². The van der Waals surface area contributed by atoms with Gasteiger partial charge in [-0.3, -0.25) is 4.68 Å². The molecule has 0 radical (unpaired) electrons. The third-order valence-electron chi connectivity index (χ3n) is 3.34. The molecule has 0 bridgehead atoms. The zero-order chi connectivity index (χ0) is 16.8. The topological polar surface area (TPSA) is 53.4 Å². The molecule has 0 aliphatic carbocycles. The zero-order valence-electron chi connectivity index (χ0n) is 13.6. The molecule has 1 atom stereocenters. The molecule has 0 spiro atoms. The Bertz CT molecular complexity index is 670. The summed E-state index contributed by atoms with van der Waals surface area (Å²) in [5.74, 6) is 0.277. The maximum atomic E-state index is 12.0. The van der Waals surface area contributed by atoms with Gasteiger partial charge < -0.3 is 9.47 Å². The number of ether oxygens (including phenoxy) is 2. The molecule has 124 valence electrons. The second kappa shape index (κ2) is 8.15. The Morgan fingerprint density at radius 2 is 2.22 bits per heavy atom. The molecular weight excluding hydrogens is 360 g/mol. The number of rotatable bonds is 7. The van der Waals surface area contributed by atoms with Gasteiger partial charge in [-0.1, -0.05) is 6.07 Å². The molecule has 0 amide bonds. The van der Waals surface area contributed by atoms with Crippen molar-refractivity contribution in [2.45, 2.75) is 32.8 Å². The van der Waals surface area contributed by atoms with Crippen LogP contribution in [0.1, 0.15) is 24.5 Å². The maximum Gasteiger partial charge on any atom is 0.347 e. The van der Waals surface area contributed by atoms with Crippen molar-refractivity contribution in [3.63, 3.8) is 0 Å². The molecule has 1 aromatic carbocycles. The lowest BCUT2D eigenvalue weighted by Crippen LogP contribution is -2.26. The summed E-state index contributed by atoms with van der Waals surface area (Å²) in [5.41, 5.74) is 2.26. The summed E-state index contributed by atoms with van der Waals surface area (Å²) in [7, 11) is 1.88. The van der Waals surface area contributed by atoms with E-state index in [1.165, 1.54) is 0 Å². The first-order valence-electron chi connectivity index (χ1n) is 7.52. The Kier molecular flexibility index (Phi) is 6.21. The lowest BCUT2D eigenvalue weighted by molar-refractivity contribution is -0.151. The van der Waals surface area contributed by atoms with E-state index in [2.05, 4.69) is 21.0 Å². The molecule has 2 aromatic rings. The second-order valence-electron chi connectivity index (χ2n) is 5.49. The van der Waals surface area contributed by atoms with E-state index in [4.69, 9.17) is 9.47 Å². The third kappa shape index (κ3) is 5.39. The van der Waals surface area contributed by atoms with Gasteiger partial charge in [0.1, 0.15) is 5.75 Å². The highest BCUT2D eigenvalue weighted by Gasteiger charge is 2.17. The number of benzene rings is 1.